The number of ether oxygens (including phenoxy) is 1. The van der Waals surface area contributed by atoms with E-state index in [2.05, 4.69) is 4.98 Å². The Morgan fingerprint density at radius 2 is 2.29 bits per heavy atom. The number of likely N-dealkylation sites (N-methyl/N-ethyl adjacent to an activating group) is 1. The van der Waals surface area contributed by atoms with Crippen LogP contribution in [0.3, 0.4) is 0 Å². The minimum Gasteiger partial charge on any atom is -0.388 e. The van der Waals surface area contributed by atoms with Crippen molar-refractivity contribution in [3.63, 3.8) is 0 Å². The Morgan fingerprint density at radius 3 is 2.86 bits per heavy atom. The van der Waals surface area contributed by atoms with Crippen LogP contribution in [-0.2, 0) is 4.74 Å². The van der Waals surface area contributed by atoms with Gasteiger partial charge in [0.25, 0.3) is 0 Å². The first kappa shape index (κ1) is 15.2. The standard InChI is InChI=1S/C13H16N4O4/c1-16(9-13(18)3-6-21-7-4-13)12-11(17(19)20)10(8-14)2-5-15-12/h2,5,18H,3-4,6-7,9H2,1H3. The Kier molecular flexibility index (Phi) is 4.35. The number of aliphatic hydroxyl groups is 1. The summed E-state index contributed by atoms with van der Waals surface area (Å²) in [6, 6.07) is 3.10. The van der Waals surface area contributed by atoms with Gasteiger partial charge in [-0.15, -0.1) is 0 Å². The number of rotatable bonds is 4. The first-order chi connectivity index (χ1) is 9.97. The van der Waals surface area contributed by atoms with E-state index < -0.39 is 10.5 Å². The lowest BCUT2D eigenvalue weighted by atomic mass is 9.94. The van der Waals surface area contributed by atoms with E-state index in [1.54, 1.807) is 13.1 Å². The second-order valence-corrected chi connectivity index (χ2v) is 5.09. The van der Waals surface area contributed by atoms with Crippen LogP contribution in [-0.4, -0.2) is 47.4 Å². The highest BCUT2D eigenvalue weighted by Crippen LogP contribution is 2.30. The Morgan fingerprint density at radius 1 is 1.62 bits per heavy atom. The van der Waals surface area contributed by atoms with E-state index >= 15 is 0 Å². The first-order valence-electron chi connectivity index (χ1n) is 6.51. The Balaban J connectivity index is 2.29. The highest BCUT2D eigenvalue weighted by molar-refractivity contribution is 5.65. The van der Waals surface area contributed by atoms with Crippen molar-refractivity contribution in [3.8, 4) is 6.07 Å². The summed E-state index contributed by atoms with van der Waals surface area (Å²) in [7, 11) is 1.62. The number of aromatic nitrogens is 1. The first-order valence-corrected chi connectivity index (χ1v) is 6.51. The van der Waals surface area contributed by atoms with Crippen molar-refractivity contribution in [2.24, 2.45) is 0 Å². The fourth-order valence-electron chi connectivity index (χ4n) is 2.42. The summed E-state index contributed by atoms with van der Waals surface area (Å²) in [5.41, 5.74) is -1.35. The largest absolute Gasteiger partial charge is 0.388 e. The quantitative estimate of drug-likeness (QED) is 0.646. The van der Waals surface area contributed by atoms with Crippen molar-refractivity contribution in [2.75, 3.05) is 31.7 Å². The van der Waals surface area contributed by atoms with Crippen LogP contribution < -0.4 is 4.90 Å². The third-order valence-corrected chi connectivity index (χ3v) is 3.52. The average molecular weight is 292 g/mol. The van der Waals surface area contributed by atoms with Crippen molar-refractivity contribution >= 4 is 11.5 Å². The van der Waals surface area contributed by atoms with Crippen LogP contribution in [0.1, 0.15) is 18.4 Å². The molecule has 8 heteroatoms. The molecule has 0 aromatic carbocycles. The SMILES string of the molecule is CN(CC1(O)CCOCC1)c1nccc(C#N)c1[N+](=O)[O-]. The molecule has 1 aliphatic heterocycles. The van der Waals surface area contributed by atoms with Crippen molar-refractivity contribution in [1.29, 1.82) is 5.26 Å². The lowest BCUT2D eigenvalue weighted by molar-refractivity contribution is -0.384. The molecule has 1 N–H and O–H groups in total. The normalized spacial score (nSPS) is 17.0. The van der Waals surface area contributed by atoms with Crippen LogP contribution in [0.15, 0.2) is 12.3 Å². The monoisotopic (exact) mass is 292 g/mol. The number of nitriles is 1. The number of nitro groups is 1. The van der Waals surface area contributed by atoms with Gasteiger partial charge in [0.15, 0.2) is 0 Å². The van der Waals surface area contributed by atoms with Crippen LogP contribution in [0.4, 0.5) is 11.5 Å². The molecular weight excluding hydrogens is 276 g/mol. The summed E-state index contributed by atoms with van der Waals surface area (Å²) in [6.45, 7) is 1.11. The molecule has 1 saturated heterocycles. The van der Waals surface area contributed by atoms with E-state index in [4.69, 9.17) is 10.00 Å². The van der Waals surface area contributed by atoms with Gasteiger partial charge in [-0.25, -0.2) is 4.98 Å². The predicted molar refractivity (Wildman–Crippen MR) is 73.9 cm³/mol. The highest BCUT2D eigenvalue weighted by Gasteiger charge is 2.33. The van der Waals surface area contributed by atoms with Crippen molar-refractivity contribution in [2.45, 2.75) is 18.4 Å². The third kappa shape index (κ3) is 3.26. The molecular formula is C13H16N4O4. The summed E-state index contributed by atoms with van der Waals surface area (Å²) in [5.74, 6) is 0.0824. The van der Waals surface area contributed by atoms with Crippen molar-refractivity contribution in [1.82, 2.24) is 4.98 Å². The zero-order valence-corrected chi connectivity index (χ0v) is 11.7. The molecule has 0 spiro atoms. The zero-order valence-electron chi connectivity index (χ0n) is 11.7. The fourth-order valence-corrected chi connectivity index (χ4v) is 2.42. The van der Waals surface area contributed by atoms with Gasteiger partial charge in [-0.2, -0.15) is 5.26 Å². The van der Waals surface area contributed by atoms with Gasteiger partial charge in [-0.05, 0) is 6.07 Å². The third-order valence-electron chi connectivity index (χ3n) is 3.52. The van der Waals surface area contributed by atoms with Gasteiger partial charge in [0.1, 0.15) is 11.6 Å². The van der Waals surface area contributed by atoms with Gasteiger partial charge < -0.3 is 14.7 Å². The number of pyridine rings is 1. The molecule has 1 fully saturated rings. The maximum Gasteiger partial charge on any atom is 0.329 e. The molecule has 2 rings (SSSR count). The van der Waals surface area contributed by atoms with E-state index in [0.29, 0.717) is 26.1 Å². The molecule has 0 aliphatic carbocycles. The van der Waals surface area contributed by atoms with Gasteiger partial charge in [0.2, 0.25) is 5.82 Å². The minimum absolute atomic E-state index is 0.0455. The van der Waals surface area contributed by atoms with Gasteiger partial charge in [-0.1, -0.05) is 0 Å². The molecule has 0 unspecified atom stereocenters. The van der Waals surface area contributed by atoms with Gasteiger partial charge in [-0.3, -0.25) is 10.1 Å². The van der Waals surface area contributed by atoms with Crippen LogP contribution in [0.5, 0.6) is 0 Å². The minimum atomic E-state index is -0.967. The van der Waals surface area contributed by atoms with Crippen LogP contribution in [0, 0.1) is 21.4 Å². The molecule has 8 nitrogen and oxygen atoms in total. The summed E-state index contributed by atoms with van der Waals surface area (Å²) < 4.78 is 5.21. The molecule has 1 aromatic rings. The van der Waals surface area contributed by atoms with Gasteiger partial charge in [0.05, 0.1) is 10.5 Å². The molecule has 112 valence electrons. The number of anilines is 1. The zero-order chi connectivity index (χ0) is 15.5. The molecule has 2 heterocycles. The highest BCUT2D eigenvalue weighted by atomic mass is 16.6. The lowest BCUT2D eigenvalue weighted by Gasteiger charge is -2.35. The molecule has 0 atom stereocenters. The van der Waals surface area contributed by atoms with Crippen molar-refractivity contribution in [3.05, 3.63) is 27.9 Å². The molecule has 0 radical (unpaired) electrons. The van der Waals surface area contributed by atoms with E-state index in [1.165, 1.54) is 17.2 Å². The number of hydrogen-bond acceptors (Lipinski definition) is 7. The second-order valence-electron chi connectivity index (χ2n) is 5.09. The van der Waals surface area contributed by atoms with Crippen LogP contribution in [0.2, 0.25) is 0 Å². The number of nitrogens with zero attached hydrogens (tertiary/aromatic N) is 4. The average Bonchev–Trinajstić information content (AvgIpc) is 2.46. The predicted octanol–water partition coefficient (Wildman–Crippen LogP) is 0.839. The molecule has 1 aliphatic rings. The summed E-state index contributed by atoms with van der Waals surface area (Å²) >= 11 is 0. The van der Waals surface area contributed by atoms with Crippen LogP contribution in [0.25, 0.3) is 0 Å². The van der Waals surface area contributed by atoms with Gasteiger partial charge in [0, 0.05) is 45.8 Å². The molecule has 21 heavy (non-hydrogen) atoms. The topological polar surface area (TPSA) is 113 Å². The Bertz CT molecular complexity index is 578. The summed E-state index contributed by atoms with van der Waals surface area (Å²) in [5, 5.41) is 30.6. The van der Waals surface area contributed by atoms with E-state index in [1.807, 2.05) is 0 Å². The number of hydrogen-bond donors (Lipinski definition) is 1. The Labute approximate surface area is 121 Å². The molecule has 0 saturated carbocycles. The molecule has 1 aromatic heterocycles. The Hall–Kier alpha value is -2.24. The van der Waals surface area contributed by atoms with E-state index in [-0.39, 0.29) is 23.6 Å². The van der Waals surface area contributed by atoms with Gasteiger partial charge >= 0.3 is 5.69 Å². The smallest absolute Gasteiger partial charge is 0.329 e. The van der Waals surface area contributed by atoms with Crippen molar-refractivity contribution < 1.29 is 14.8 Å². The molecule has 0 amide bonds. The van der Waals surface area contributed by atoms with E-state index in [9.17, 15) is 15.2 Å². The van der Waals surface area contributed by atoms with E-state index in [0.717, 1.165) is 0 Å². The summed E-state index contributed by atoms with van der Waals surface area (Å²) in [6.07, 6.45) is 2.28. The lowest BCUT2D eigenvalue weighted by Crippen LogP contribution is -2.46. The maximum absolute atomic E-state index is 11.2. The summed E-state index contributed by atoms with van der Waals surface area (Å²) in [4.78, 5) is 16.1. The van der Waals surface area contributed by atoms with Crippen LogP contribution >= 0.6 is 0 Å². The second kappa shape index (κ2) is 6.03. The molecule has 0 bridgehead atoms. The fraction of sp³-hybridized carbons (Fsp3) is 0.538. The maximum atomic E-state index is 11.2.